The Morgan fingerprint density at radius 2 is 1.74 bits per heavy atom. The van der Waals surface area contributed by atoms with Crippen molar-refractivity contribution in [1.29, 1.82) is 0 Å². The van der Waals surface area contributed by atoms with Gasteiger partial charge in [-0.15, -0.1) is 0 Å². The summed E-state index contributed by atoms with van der Waals surface area (Å²) < 4.78 is 6.15. The van der Waals surface area contributed by atoms with E-state index in [-0.39, 0.29) is 17.6 Å². The Morgan fingerprint density at radius 3 is 2.35 bits per heavy atom. The van der Waals surface area contributed by atoms with Crippen LogP contribution in [0, 0.1) is 11.8 Å². The molecule has 3 fully saturated rings. The molecule has 2 N–H and O–H groups in total. The lowest BCUT2D eigenvalue weighted by Crippen LogP contribution is -2.27. The van der Waals surface area contributed by atoms with Gasteiger partial charge in [-0.25, -0.2) is 0 Å². The van der Waals surface area contributed by atoms with Crippen LogP contribution in [0.3, 0.4) is 0 Å². The van der Waals surface area contributed by atoms with Gasteiger partial charge in [0.25, 0.3) is 5.56 Å². The molecule has 1 aromatic heterocycles. The van der Waals surface area contributed by atoms with Gasteiger partial charge in [0.2, 0.25) is 0 Å². The SMILES string of the molecule is O=C(O)C1CCC(Oc2ccc(/C(=C\C3CCCC3)c3ccc(C4CC4)c(=O)[nH]3)cc2Cl)CC1. The fraction of sp³-hybridized carbons (Fsp3) is 0.500. The largest absolute Gasteiger partial charge is 0.489 e. The number of H-pyrrole nitrogens is 1. The van der Waals surface area contributed by atoms with Crippen molar-refractivity contribution >= 4 is 23.1 Å². The van der Waals surface area contributed by atoms with E-state index in [1.165, 1.54) is 25.7 Å². The maximum absolute atomic E-state index is 12.7. The number of hydrogen-bond acceptors (Lipinski definition) is 3. The molecular weight excluding hydrogens is 450 g/mol. The van der Waals surface area contributed by atoms with E-state index in [9.17, 15) is 14.7 Å². The number of hydrogen-bond donors (Lipinski definition) is 2. The molecule has 1 aromatic carbocycles. The molecular formula is C28H32ClNO4. The minimum Gasteiger partial charge on any atom is -0.489 e. The first-order chi connectivity index (χ1) is 16.5. The Morgan fingerprint density at radius 1 is 1.00 bits per heavy atom. The Balaban J connectivity index is 1.38. The highest BCUT2D eigenvalue weighted by atomic mass is 35.5. The van der Waals surface area contributed by atoms with Gasteiger partial charge in [0.05, 0.1) is 17.0 Å². The van der Waals surface area contributed by atoms with Gasteiger partial charge in [0, 0.05) is 16.8 Å². The van der Waals surface area contributed by atoms with Crippen molar-refractivity contribution in [2.24, 2.45) is 11.8 Å². The van der Waals surface area contributed by atoms with Crippen LogP contribution in [-0.4, -0.2) is 22.2 Å². The van der Waals surface area contributed by atoms with E-state index in [1.54, 1.807) is 0 Å². The Bertz CT molecular complexity index is 1140. The zero-order chi connectivity index (χ0) is 23.7. The summed E-state index contributed by atoms with van der Waals surface area (Å²) >= 11 is 6.66. The summed E-state index contributed by atoms with van der Waals surface area (Å²) in [7, 11) is 0. The van der Waals surface area contributed by atoms with Crippen LogP contribution in [0.5, 0.6) is 5.75 Å². The van der Waals surface area contributed by atoms with Crippen molar-refractivity contribution in [1.82, 2.24) is 4.98 Å². The fourth-order valence-corrected chi connectivity index (χ4v) is 5.66. The quantitative estimate of drug-likeness (QED) is 0.470. The van der Waals surface area contributed by atoms with Crippen LogP contribution < -0.4 is 10.3 Å². The molecule has 0 bridgehead atoms. The second-order valence-electron chi connectivity index (χ2n) is 10.1. The van der Waals surface area contributed by atoms with Crippen LogP contribution in [0.4, 0.5) is 0 Å². The highest BCUT2D eigenvalue weighted by Crippen LogP contribution is 2.39. The first-order valence-electron chi connectivity index (χ1n) is 12.6. The average molecular weight is 482 g/mol. The summed E-state index contributed by atoms with van der Waals surface area (Å²) in [6, 6.07) is 9.86. The van der Waals surface area contributed by atoms with E-state index in [0.29, 0.717) is 35.4 Å². The Labute approximate surface area is 205 Å². The number of allylic oxidation sites excluding steroid dienone is 1. The molecule has 0 amide bonds. The molecule has 0 saturated heterocycles. The van der Waals surface area contributed by atoms with Crippen LogP contribution in [0.1, 0.15) is 86.9 Å². The maximum atomic E-state index is 12.7. The third-order valence-electron chi connectivity index (χ3n) is 7.61. The van der Waals surface area contributed by atoms with Crippen LogP contribution in [0.25, 0.3) is 5.57 Å². The smallest absolute Gasteiger partial charge is 0.306 e. The van der Waals surface area contributed by atoms with Gasteiger partial charge in [-0.05, 0) is 87.0 Å². The van der Waals surface area contributed by atoms with E-state index in [1.807, 2.05) is 30.3 Å². The Hall–Kier alpha value is -2.53. The lowest BCUT2D eigenvalue weighted by atomic mass is 9.87. The minimum absolute atomic E-state index is 0.0142. The van der Waals surface area contributed by atoms with Gasteiger partial charge < -0.3 is 14.8 Å². The molecule has 0 radical (unpaired) electrons. The number of carboxylic acids is 1. The number of rotatable bonds is 7. The first-order valence-corrected chi connectivity index (χ1v) is 13.0. The summed E-state index contributed by atoms with van der Waals surface area (Å²) in [6.45, 7) is 0. The average Bonchev–Trinajstić information content (AvgIpc) is 3.54. The van der Waals surface area contributed by atoms with Crippen molar-refractivity contribution in [2.75, 3.05) is 0 Å². The van der Waals surface area contributed by atoms with Gasteiger partial charge in [-0.3, -0.25) is 9.59 Å². The van der Waals surface area contributed by atoms with E-state index >= 15 is 0 Å². The summed E-state index contributed by atoms with van der Waals surface area (Å²) in [6.07, 6.45) is 12.0. The van der Waals surface area contributed by atoms with Gasteiger partial charge in [-0.1, -0.05) is 42.7 Å². The molecule has 3 saturated carbocycles. The zero-order valence-electron chi connectivity index (χ0n) is 19.4. The van der Waals surface area contributed by atoms with E-state index in [0.717, 1.165) is 48.1 Å². The molecule has 0 aliphatic heterocycles. The zero-order valence-corrected chi connectivity index (χ0v) is 20.2. The predicted octanol–water partition coefficient (Wildman–Crippen LogP) is 6.55. The topological polar surface area (TPSA) is 79.4 Å². The molecule has 0 atom stereocenters. The molecule has 1 heterocycles. The van der Waals surface area contributed by atoms with Crippen molar-refractivity contribution in [3.8, 4) is 5.75 Å². The molecule has 0 spiro atoms. The van der Waals surface area contributed by atoms with Gasteiger partial charge in [-0.2, -0.15) is 0 Å². The summed E-state index contributed by atoms with van der Waals surface area (Å²) in [5.74, 6) is 0.555. The van der Waals surface area contributed by atoms with Crippen molar-refractivity contribution in [2.45, 2.75) is 76.2 Å². The lowest BCUT2D eigenvalue weighted by molar-refractivity contribution is -0.143. The minimum atomic E-state index is -0.717. The fourth-order valence-electron chi connectivity index (χ4n) is 5.43. The molecule has 0 unspecified atom stereocenters. The number of carboxylic acid groups (broad SMARTS) is 1. The highest BCUT2D eigenvalue weighted by Gasteiger charge is 2.28. The standard InChI is InChI=1S/C28H32ClNO4/c29-24-16-20(9-14-26(24)34-21-10-7-19(8-11-21)28(32)33)23(15-17-3-1-2-4-17)25-13-12-22(18-5-6-18)27(31)30-25/h9,12-19,21H,1-8,10-11H2,(H,30,31)(H,32,33)/b23-15+. The van der Waals surface area contributed by atoms with E-state index in [2.05, 4.69) is 11.1 Å². The van der Waals surface area contributed by atoms with Gasteiger partial charge >= 0.3 is 5.97 Å². The highest BCUT2D eigenvalue weighted by molar-refractivity contribution is 6.32. The monoisotopic (exact) mass is 481 g/mol. The van der Waals surface area contributed by atoms with Crippen molar-refractivity contribution in [3.05, 3.63) is 68.6 Å². The number of aromatic nitrogens is 1. The number of halogens is 1. The van der Waals surface area contributed by atoms with E-state index in [4.69, 9.17) is 16.3 Å². The number of nitrogens with one attached hydrogen (secondary N) is 1. The van der Waals surface area contributed by atoms with Gasteiger partial charge in [0.15, 0.2) is 0 Å². The van der Waals surface area contributed by atoms with Crippen LogP contribution in [0.2, 0.25) is 5.02 Å². The maximum Gasteiger partial charge on any atom is 0.306 e. The van der Waals surface area contributed by atoms with Crippen LogP contribution >= 0.6 is 11.6 Å². The molecule has 6 heteroatoms. The number of benzene rings is 1. The molecule has 5 nitrogen and oxygen atoms in total. The summed E-state index contributed by atoms with van der Waals surface area (Å²) in [5.41, 5.74) is 3.72. The van der Waals surface area contributed by atoms with Crippen molar-refractivity contribution < 1.29 is 14.6 Å². The number of aliphatic carboxylic acids is 1. The molecule has 3 aliphatic rings. The summed E-state index contributed by atoms with van der Waals surface area (Å²) in [4.78, 5) is 27.1. The number of carbonyl (C=O) groups is 1. The number of pyridine rings is 1. The molecule has 3 aliphatic carbocycles. The van der Waals surface area contributed by atoms with Crippen molar-refractivity contribution in [3.63, 3.8) is 0 Å². The number of ether oxygens (including phenoxy) is 1. The molecule has 5 rings (SSSR count). The molecule has 2 aromatic rings. The molecule has 180 valence electrons. The second-order valence-corrected chi connectivity index (χ2v) is 10.5. The lowest BCUT2D eigenvalue weighted by Gasteiger charge is -2.27. The van der Waals surface area contributed by atoms with E-state index < -0.39 is 5.97 Å². The number of aromatic amines is 1. The second kappa shape index (κ2) is 9.99. The normalized spacial score (nSPS) is 23.7. The van der Waals surface area contributed by atoms with Gasteiger partial charge in [0.1, 0.15) is 5.75 Å². The first kappa shape index (κ1) is 23.2. The van der Waals surface area contributed by atoms with Crippen LogP contribution in [-0.2, 0) is 4.79 Å². The molecule has 34 heavy (non-hydrogen) atoms. The third kappa shape index (κ3) is 5.25. The van der Waals surface area contributed by atoms with Crippen LogP contribution in [0.15, 0.2) is 41.2 Å². The predicted molar refractivity (Wildman–Crippen MR) is 134 cm³/mol. The third-order valence-corrected chi connectivity index (χ3v) is 7.90. The summed E-state index contributed by atoms with van der Waals surface area (Å²) in [5, 5.41) is 9.74. The Kier molecular flexibility index (Phi) is 6.82.